The molecule has 3 aromatic carbocycles. The summed E-state index contributed by atoms with van der Waals surface area (Å²) >= 11 is 12.5. The Morgan fingerprint density at radius 1 is 0.900 bits per heavy atom. The van der Waals surface area contributed by atoms with Crippen LogP contribution >= 0.6 is 23.2 Å². The van der Waals surface area contributed by atoms with E-state index in [0.717, 1.165) is 16.7 Å². The third kappa shape index (κ3) is 3.93. The summed E-state index contributed by atoms with van der Waals surface area (Å²) in [6.45, 7) is 3.82. The van der Waals surface area contributed by atoms with Crippen molar-refractivity contribution in [1.29, 1.82) is 0 Å². The Morgan fingerprint density at radius 3 is 2.17 bits per heavy atom. The van der Waals surface area contributed by atoms with E-state index in [2.05, 4.69) is 5.32 Å². The van der Waals surface area contributed by atoms with Crippen molar-refractivity contribution in [3.63, 3.8) is 0 Å². The van der Waals surface area contributed by atoms with Crippen LogP contribution in [0.15, 0.2) is 72.4 Å². The van der Waals surface area contributed by atoms with Gasteiger partial charge in [0.1, 0.15) is 11.5 Å². The van der Waals surface area contributed by atoms with E-state index in [1.165, 1.54) is 12.1 Å². The molecule has 1 amide bonds. The van der Waals surface area contributed by atoms with Crippen LogP contribution in [0, 0.1) is 19.7 Å². The lowest BCUT2D eigenvalue weighted by atomic mass is 10.1. The monoisotopic (exact) mass is 440 g/mol. The summed E-state index contributed by atoms with van der Waals surface area (Å²) in [6, 6.07) is 16.8. The minimum absolute atomic E-state index is 0.207. The maximum atomic E-state index is 13.5. The highest BCUT2D eigenvalue weighted by Crippen LogP contribution is 2.37. The zero-order chi connectivity index (χ0) is 21.4. The van der Waals surface area contributed by atoms with Crippen LogP contribution in [0.3, 0.4) is 0 Å². The summed E-state index contributed by atoms with van der Waals surface area (Å²) in [5.74, 6) is -0.537. The second kappa shape index (κ2) is 8.13. The zero-order valence-corrected chi connectivity index (χ0v) is 17.9. The predicted octanol–water partition coefficient (Wildman–Crippen LogP) is 6.83. The van der Waals surface area contributed by atoms with Gasteiger partial charge in [0.2, 0.25) is 0 Å². The Bertz CT molecular complexity index is 1160. The normalized spacial score (nSPS) is 16.0. The molecule has 0 bridgehead atoms. The Morgan fingerprint density at radius 2 is 1.53 bits per heavy atom. The Hall–Kier alpha value is -2.82. The Kier molecular flexibility index (Phi) is 5.54. The molecule has 30 heavy (non-hydrogen) atoms. The number of anilines is 2. The molecular formula is C24H19Cl2FN2O. The number of benzene rings is 3. The average molecular weight is 441 g/mol. The number of halogens is 3. The van der Waals surface area contributed by atoms with Crippen LogP contribution in [0.1, 0.15) is 22.7 Å². The molecule has 6 heteroatoms. The minimum Gasteiger partial charge on any atom is -0.351 e. The van der Waals surface area contributed by atoms with Crippen LogP contribution in [0.2, 0.25) is 10.0 Å². The van der Waals surface area contributed by atoms with Crippen LogP contribution < -0.4 is 10.2 Å². The first kappa shape index (κ1) is 20.5. The van der Waals surface area contributed by atoms with Gasteiger partial charge in [-0.05, 0) is 73.0 Å². The predicted molar refractivity (Wildman–Crippen MR) is 121 cm³/mol. The topological polar surface area (TPSA) is 32.3 Å². The number of nitrogens with zero attached hydrogens (tertiary/aromatic N) is 1. The second-order valence-corrected chi connectivity index (χ2v) is 8.09. The SMILES string of the molecule is Cc1ccc(NC2=C[C@H](c3ccc(F)cc3)N(c3ccc(C)c(Cl)c3)C2=O)cc1Cl. The highest BCUT2D eigenvalue weighted by atomic mass is 35.5. The van der Waals surface area contributed by atoms with Crippen molar-refractivity contribution in [2.24, 2.45) is 0 Å². The summed E-state index contributed by atoms with van der Waals surface area (Å²) < 4.78 is 13.5. The summed E-state index contributed by atoms with van der Waals surface area (Å²) in [5, 5.41) is 4.36. The van der Waals surface area contributed by atoms with E-state index in [1.54, 1.807) is 29.2 Å². The fourth-order valence-electron chi connectivity index (χ4n) is 3.40. The molecule has 0 aliphatic carbocycles. The summed E-state index contributed by atoms with van der Waals surface area (Å²) in [4.78, 5) is 15.0. The average Bonchev–Trinajstić information content (AvgIpc) is 3.04. The zero-order valence-electron chi connectivity index (χ0n) is 16.4. The lowest BCUT2D eigenvalue weighted by Gasteiger charge is -2.25. The van der Waals surface area contributed by atoms with E-state index in [1.807, 2.05) is 44.2 Å². The number of amides is 1. The molecule has 0 spiro atoms. The number of nitrogens with one attached hydrogen (secondary N) is 1. The third-order valence-corrected chi connectivity index (χ3v) is 5.96. The number of rotatable bonds is 4. The van der Waals surface area contributed by atoms with Crippen LogP contribution in [0.25, 0.3) is 0 Å². The van der Waals surface area contributed by atoms with Crippen molar-refractivity contribution in [2.75, 3.05) is 10.2 Å². The number of carbonyl (C=O) groups is 1. The van der Waals surface area contributed by atoms with Crippen molar-refractivity contribution in [3.8, 4) is 0 Å². The molecule has 1 aliphatic heterocycles. The fraction of sp³-hybridized carbons (Fsp3) is 0.125. The van der Waals surface area contributed by atoms with E-state index in [4.69, 9.17) is 23.2 Å². The van der Waals surface area contributed by atoms with Gasteiger partial charge >= 0.3 is 0 Å². The minimum atomic E-state index is -0.403. The molecule has 3 aromatic rings. The molecular weight excluding hydrogens is 422 g/mol. The van der Waals surface area contributed by atoms with Crippen molar-refractivity contribution < 1.29 is 9.18 Å². The van der Waals surface area contributed by atoms with Crippen LogP contribution in [0.4, 0.5) is 15.8 Å². The molecule has 0 saturated carbocycles. The van der Waals surface area contributed by atoms with Gasteiger partial charge in [-0.1, -0.05) is 47.5 Å². The molecule has 0 fully saturated rings. The van der Waals surface area contributed by atoms with Gasteiger partial charge in [-0.15, -0.1) is 0 Å². The standard InChI is InChI=1S/C24H19Cl2FN2O/c1-14-3-9-18(11-20(14)25)28-22-13-23(16-5-7-17(27)8-6-16)29(24(22)30)19-10-4-15(2)21(26)12-19/h3-13,23,28H,1-2H3/t23-/m1/s1. The summed E-state index contributed by atoms with van der Waals surface area (Å²) in [6.07, 6.45) is 1.83. The maximum Gasteiger partial charge on any atom is 0.275 e. The molecule has 0 radical (unpaired) electrons. The molecule has 1 aliphatic rings. The summed E-state index contributed by atoms with van der Waals surface area (Å²) in [7, 11) is 0. The molecule has 0 aromatic heterocycles. The lowest BCUT2D eigenvalue weighted by Crippen LogP contribution is -2.30. The quantitative estimate of drug-likeness (QED) is 0.481. The number of hydrogen-bond donors (Lipinski definition) is 1. The molecule has 3 nitrogen and oxygen atoms in total. The van der Waals surface area contributed by atoms with Gasteiger partial charge in [0, 0.05) is 21.4 Å². The van der Waals surface area contributed by atoms with Crippen molar-refractivity contribution in [1.82, 2.24) is 0 Å². The van der Waals surface area contributed by atoms with Crippen LogP contribution in [-0.2, 0) is 4.79 Å². The fourth-order valence-corrected chi connectivity index (χ4v) is 3.75. The number of aryl methyl sites for hydroxylation is 2. The maximum absolute atomic E-state index is 13.5. The van der Waals surface area contributed by atoms with E-state index in [-0.39, 0.29) is 11.7 Å². The van der Waals surface area contributed by atoms with Gasteiger partial charge in [-0.25, -0.2) is 4.39 Å². The second-order valence-electron chi connectivity index (χ2n) is 7.27. The van der Waals surface area contributed by atoms with Crippen molar-refractivity contribution >= 4 is 40.5 Å². The molecule has 1 N–H and O–H groups in total. The third-order valence-electron chi connectivity index (χ3n) is 5.15. The molecule has 152 valence electrons. The van der Waals surface area contributed by atoms with Gasteiger partial charge < -0.3 is 5.32 Å². The first-order valence-electron chi connectivity index (χ1n) is 9.43. The smallest absolute Gasteiger partial charge is 0.275 e. The molecule has 0 saturated heterocycles. The van der Waals surface area contributed by atoms with Gasteiger partial charge in [-0.2, -0.15) is 0 Å². The van der Waals surface area contributed by atoms with Crippen molar-refractivity contribution in [2.45, 2.75) is 19.9 Å². The number of hydrogen-bond acceptors (Lipinski definition) is 2. The molecule has 4 rings (SSSR count). The van der Waals surface area contributed by atoms with Crippen LogP contribution in [-0.4, -0.2) is 5.91 Å². The first-order chi connectivity index (χ1) is 14.3. The Labute approximate surface area is 184 Å². The van der Waals surface area contributed by atoms with E-state index < -0.39 is 6.04 Å². The Balaban J connectivity index is 1.74. The highest BCUT2D eigenvalue weighted by Gasteiger charge is 2.35. The van der Waals surface area contributed by atoms with E-state index in [0.29, 0.717) is 27.1 Å². The molecule has 1 heterocycles. The largest absolute Gasteiger partial charge is 0.351 e. The first-order valence-corrected chi connectivity index (χ1v) is 10.2. The van der Waals surface area contributed by atoms with Gasteiger partial charge in [0.05, 0.1) is 6.04 Å². The van der Waals surface area contributed by atoms with Gasteiger partial charge in [0.15, 0.2) is 0 Å². The highest BCUT2D eigenvalue weighted by molar-refractivity contribution is 6.32. The van der Waals surface area contributed by atoms with Gasteiger partial charge in [-0.3, -0.25) is 9.69 Å². The molecule has 1 atom stereocenters. The number of carbonyl (C=O) groups excluding carboxylic acids is 1. The molecule has 0 unspecified atom stereocenters. The van der Waals surface area contributed by atoms with Gasteiger partial charge in [0.25, 0.3) is 5.91 Å². The van der Waals surface area contributed by atoms with E-state index >= 15 is 0 Å². The lowest BCUT2D eigenvalue weighted by molar-refractivity contribution is -0.114. The van der Waals surface area contributed by atoms with Crippen LogP contribution in [0.5, 0.6) is 0 Å². The van der Waals surface area contributed by atoms with E-state index in [9.17, 15) is 9.18 Å². The van der Waals surface area contributed by atoms with Crippen molar-refractivity contribution in [3.05, 3.63) is 105 Å². The summed E-state index contributed by atoms with van der Waals surface area (Å²) in [5.41, 5.74) is 4.47.